The molecule has 2 atom stereocenters. The maximum atomic E-state index is 11.8. The number of hydrogen-bond acceptors (Lipinski definition) is 6. The molecule has 8 nitrogen and oxygen atoms in total. The van der Waals surface area contributed by atoms with Crippen LogP contribution in [0.2, 0.25) is 0 Å². The van der Waals surface area contributed by atoms with E-state index in [1.165, 1.54) is 7.11 Å². The number of ether oxygens (including phenoxy) is 2. The Balaban J connectivity index is 2.26. The molecule has 1 rings (SSSR count). The predicted octanol–water partition coefficient (Wildman–Crippen LogP) is 0.732. The summed E-state index contributed by atoms with van der Waals surface area (Å²) in [5.74, 6) is -1.06. The van der Waals surface area contributed by atoms with E-state index in [-0.39, 0.29) is 19.6 Å². The predicted molar refractivity (Wildman–Crippen MR) is 89.5 cm³/mol. The van der Waals surface area contributed by atoms with Crippen molar-refractivity contribution in [2.24, 2.45) is 0 Å². The van der Waals surface area contributed by atoms with Gasteiger partial charge in [0.25, 0.3) is 0 Å². The highest BCUT2D eigenvalue weighted by Gasteiger charge is 2.21. The minimum Gasteiger partial charge on any atom is -0.467 e. The molecule has 3 N–H and O–H groups in total. The number of alkyl carbamates (subject to hydrolysis) is 1. The number of carbonyl (C=O) groups is 3. The highest BCUT2D eigenvalue weighted by Crippen LogP contribution is 2.01. The van der Waals surface area contributed by atoms with E-state index < -0.39 is 30.1 Å². The Labute approximate surface area is 146 Å². The van der Waals surface area contributed by atoms with Gasteiger partial charge in [-0.15, -0.1) is 0 Å². The third kappa shape index (κ3) is 8.16. The highest BCUT2D eigenvalue weighted by molar-refractivity contribution is 5.84. The molecule has 0 aliphatic carbocycles. The second kappa shape index (κ2) is 11.0. The highest BCUT2D eigenvalue weighted by atomic mass is 16.5. The summed E-state index contributed by atoms with van der Waals surface area (Å²) in [5, 5.41) is 14.6. The molecule has 0 aliphatic rings. The van der Waals surface area contributed by atoms with Crippen molar-refractivity contribution < 1.29 is 29.0 Å². The van der Waals surface area contributed by atoms with Crippen LogP contribution in [0.1, 0.15) is 25.3 Å². The molecule has 0 aliphatic heterocycles. The molecule has 0 unspecified atom stereocenters. The van der Waals surface area contributed by atoms with Crippen molar-refractivity contribution in [2.75, 3.05) is 13.7 Å². The number of methoxy groups -OCH3 is 1. The van der Waals surface area contributed by atoms with Gasteiger partial charge in [-0.2, -0.15) is 0 Å². The Kier molecular flexibility index (Phi) is 9.02. The van der Waals surface area contributed by atoms with Gasteiger partial charge >= 0.3 is 12.1 Å². The number of carbonyl (C=O) groups excluding carboxylic acids is 3. The van der Waals surface area contributed by atoms with Crippen molar-refractivity contribution in [3.05, 3.63) is 35.9 Å². The first-order valence-electron chi connectivity index (χ1n) is 7.96. The Bertz CT molecular complexity index is 564. The molecule has 2 amide bonds. The van der Waals surface area contributed by atoms with Gasteiger partial charge in [0.05, 0.1) is 19.6 Å². The topological polar surface area (TPSA) is 114 Å². The van der Waals surface area contributed by atoms with Crippen molar-refractivity contribution in [3.8, 4) is 0 Å². The number of nitrogens with one attached hydrogen (secondary N) is 2. The van der Waals surface area contributed by atoms with Gasteiger partial charge in [-0.05, 0) is 12.0 Å². The third-order valence-corrected chi connectivity index (χ3v) is 3.34. The number of esters is 1. The minimum absolute atomic E-state index is 0.112. The standard InChI is InChI=1S/C17H24N2O6/c1-3-14(16(22)24-2)19-15(21)9-13(20)10-18-17(23)25-11-12-7-5-4-6-8-12/h4-8,13-14,20H,3,9-11H2,1-2H3,(H,18,23)(H,19,21)/t13-,14+/m1/s1. The van der Waals surface area contributed by atoms with Crippen LogP contribution in [0.3, 0.4) is 0 Å². The van der Waals surface area contributed by atoms with Crippen molar-refractivity contribution in [1.29, 1.82) is 0 Å². The lowest BCUT2D eigenvalue weighted by atomic mass is 10.2. The quantitative estimate of drug-likeness (QED) is 0.565. The van der Waals surface area contributed by atoms with Crippen molar-refractivity contribution in [1.82, 2.24) is 10.6 Å². The summed E-state index contributed by atoms with van der Waals surface area (Å²) in [6, 6.07) is 8.39. The molecule has 0 saturated heterocycles. The number of benzene rings is 1. The molecular weight excluding hydrogens is 328 g/mol. The van der Waals surface area contributed by atoms with Gasteiger partial charge in [0.15, 0.2) is 0 Å². The lowest BCUT2D eigenvalue weighted by molar-refractivity contribution is -0.145. The van der Waals surface area contributed by atoms with E-state index in [4.69, 9.17) is 4.74 Å². The molecule has 138 valence electrons. The summed E-state index contributed by atoms with van der Waals surface area (Å²) in [6.45, 7) is 1.69. The molecule has 0 saturated carbocycles. The van der Waals surface area contributed by atoms with Gasteiger partial charge in [-0.25, -0.2) is 9.59 Å². The van der Waals surface area contributed by atoms with Gasteiger partial charge in [0, 0.05) is 6.54 Å². The fraction of sp³-hybridized carbons (Fsp3) is 0.471. The Hall–Kier alpha value is -2.61. The van der Waals surface area contributed by atoms with E-state index in [0.29, 0.717) is 6.42 Å². The zero-order valence-electron chi connectivity index (χ0n) is 14.4. The van der Waals surface area contributed by atoms with Crippen LogP contribution in [0.25, 0.3) is 0 Å². The fourth-order valence-electron chi connectivity index (χ4n) is 1.98. The van der Waals surface area contributed by atoms with E-state index in [1.54, 1.807) is 6.92 Å². The van der Waals surface area contributed by atoms with Crippen molar-refractivity contribution in [2.45, 2.75) is 38.5 Å². The van der Waals surface area contributed by atoms with Crippen LogP contribution in [0, 0.1) is 0 Å². The normalized spacial score (nSPS) is 12.6. The number of rotatable bonds is 9. The van der Waals surface area contributed by atoms with E-state index >= 15 is 0 Å². The van der Waals surface area contributed by atoms with Crippen LogP contribution < -0.4 is 10.6 Å². The molecule has 0 aromatic heterocycles. The molecule has 8 heteroatoms. The van der Waals surface area contributed by atoms with Gasteiger partial charge in [-0.1, -0.05) is 37.3 Å². The smallest absolute Gasteiger partial charge is 0.407 e. The SMILES string of the molecule is CC[C@H](NC(=O)C[C@@H](O)CNC(=O)OCc1ccccc1)C(=O)OC. The Morgan fingerprint density at radius 1 is 1.20 bits per heavy atom. The monoisotopic (exact) mass is 352 g/mol. The summed E-state index contributed by atoms with van der Waals surface area (Å²) in [6.07, 6.45) is -1.67. The number of amides is 2. The second-order valence-corrected chi connectivity index (χ2v) is 5.35. The largest absolute Gasteiger partial charge is 0.467 e. The Morgan fingerprint density at radius 2 is 1.88 bits per heavy atom. The van der Waals surface area contributed by atoms with E-state index in [2.05, 4.69) is 15.4 Å². The molecular formula is C17H24N2O6. The first-order valence-corrected chi connectivity index (χ1v) is 7.96. The first-order chi connectivity index (χ1) is 12.0. The van der Waals surface area contributed by atoms with Crippen LogP contribution in [0.4, 0.5) is 4.79 Å². The molecule has 0 radical (unpaired) electrons. The maximum absolute atomic E-state index is 11.8. The maximum Gasteiger partial charge on any atom is 0.407 e. The first kappa shape index (κ1) is 20.4. The van der Waals surface area contributed by atoms with Crippen LogP contribution in [0.5, 0.6) is 0 Å². The molecule has 0 bridgehead atoms. The zero-order valence-corrected chi connectivity index (χ0v) is 14.4. The summed E-state index contributed by atoms with van der Waals surface area (Å²) in [5.41, 5.74) is 0.839. The molecule has 1 aromatic carbocycles. The molecule has 25 heavy (non-hydrogen) atoms. The van der Waals surface area contributed by atoms with E-state index in [9.17, 15) is 19.5 Å². The minimum atomic E-state index is -1.10. The Morgan fingerprint density at radius 3 is 2.48 bits per heavy atom. The van der Waals surface area contributed by atoms with Gasteiger partial charge in [-0.3, -0.25) is 4.79 Å². The molecule has 0 fully saturated rings. The van der Waals surface area contributed by atoms with Crippen LogP contribution in [-0.4, -0.2) is 48.9 Å². The second-order valence-electron chi connectivity index (χ2n) is 5.35. The van der Waals surface area contributed by atoms with Crippen LogP contribution in [0.15, 0.2) is 30.3 Å². The zero-order chi connectivity index (χ0) is 18.7. The lowest BCUT2D eigenvalue weighted by Crippen LogP contribution is -2.43. The van der Waals surface area contributed by atoms with E-state index in [0.717, 1.165) is 5.56 Å². The molecule has 1 aromatic rings. The number of aliphatic hydroxyl groups excluding tert-OH is 1. The summed E-state index contributed by atoms with van der Waals surface area (Å²) < 4.78 is 9.55. The fourth-order valence-corrected chi connectivity index (χ4v) is 1.98. The average molecular weight is 352 g/mol. The molecule has 0 heterocycles. The van der Waals surface area contributed by atoms with E-state index in [1.807, 2.05) is 30.3 Å². The molecule has 0 spiro atoms. The van der Waals surface area contributed by atoms with Gasteiger partial charge in [0.1, 0.15) is 12.6 Å². The average Bonchev–Trinajstić information content (AvgIpc) is 2.62. The summed E-state index contributed by atoms with van der Waals surface area (Å²) in [7, 11) is 1.23. The van der Waals surface area contributed by atoms with Gasteiger partial charge in [0.2, 0.25) is 5.91 Å². The summed E-state index contributed by atoms with van der Waals surface area (Å²) in [4.78, 5) is 34.7. The lowest BCUT2D eigenvalue weighted by Gasteiger charge is -2.16. The van der Waals surface area contributed by atoms with Crippen LogP contribution in [-0.2, 0) is 25.7 Å². The summed E-state index contributed by atoms with van der Waals surface area (Å²) >= 11 is 0. The van der Waals surface area contributed by atoms with Gasteiger partial charge < -0.3 is 25.2 Å². The number of aliphatic hydroxyl groups is 1. The number of hydrogen-bond donors (Lipinski definition) is 3. The van der Waals surface area contributed by atoms with Crippen molar-refractivity contribution in [3.63, 3.8) is 0 Å². The van der Waals surface area contributed by atoms with Crippen molar-refractivity contribution >= 4 is 18.0 Å². The van der Waals surface area contributed by atoms with Crippen LogP contribution >= 0.6 is 0 Å². The third-order valence-electron chi connectivity index (χ3n) is 3.34.